The third-order valence-electron chi connectivity index (χ3n) is 5.12. The van der Waals surface area contributed by atoms with Gasteiger partial charge in [-0.15, -0.1) is 11.8 Å². The van der Waals surface area contributed by atoms with Crippen LogP contribution in [0.5, 0.6) is 0 Å². The molecule has 12 heteroatoms. The molecule has 1 heterocycles. The van der Waals surface area contributed by atoms with Crippen LogP contribution in [0, 0.1) is 10.8 Å². The van der Waals surface area contributed by atoms with Gasteiger partial charge in [-0.25, -0.2) is 14.8 Å². The number of nitrogen functional groups attached to an aromatic ring is 1. The highest BCUT2D eigenvalue weighted by Crippen LogP contribution is 2.26. The third-order valence-corrected chi connectivity index (χ3v) is 6.14. The van der Waals surface area contributed by atoms with Crippen molar-refractivity contribution < 1.29 is 29.5 Å². The lowest BCUT2D eigenvalue weighted by molar-refractivity contribution is 0.0508. The monoisotopic (exact) mass is 576 g/mol. The standard InChI is InChI=1S/C28H34N6O3S.2H2O.3H2/c1-16(2)38-21-12-10-18(11-13-21)22-15-32-24(29)23(34-22)26(31)36-25(30)20-9-7-8-19(14-20)17(3)33-27(35)37-28(4,5)6;;;;;/h7-17,30-31H,1-6H3,(H2,29,32)(H,33,35);2*1H2;3*1H. The van der Waals surface area contributed by atoms with Gasteiger partial charge in [0.05, 0.1) is 17.9 Å². The molecule has 0 fully saturated rings. The topological polar surface area (TPSA) is 210 Å². The SMILES string of the molecule is CC(C)Sc1ccc(-c2cnc(N)c(C(=N)OC(=N)c3cccc(C(C)NC(=O)OC(C)(C)C)c3)n2)cc1.O.O.[HH].[HH].[HH]. The van der Waals surface area contributed by atoms with Gasteiger partial charge in [0.15, 0.2) is 11.5 Å². The number of amides is 1. The summed E-state index contributed by atoms with van der Waals surface area (Å²) in [4.78, 5) is 21.9. The lowest BCUT2D eigenvalue weighted by atomic mass is 10.1. The normalized spacial score (nSPS) is 11.5. The number of ether oxygens (including phenoxy) is 2. The highest BCUT2D eigenvalue weighted by molar-refractivity contribution is 7.99. The number of carbonyl (C=O) groups excluding carboxylic acids is 1. The van der Waals surface area contributed by atoms with Crippen molar-refractivity contribution in [1.29, 1.82) is 10.8 Å². The summed E-state index contributed by atoms with van der Waals surface area (Å²) in [6.45, 7) is 11.5. The van der Waals surface area contributed by atoms with Crippen molar-refractivity contribution in [2.45, 2.75) is 63.3 Å². The summed E-state index contributed by atoms with van der Waals surface area (Å²) in [5.41, 5.74) is 7.96. The number of alkyl carbamates (subject to hydrolysis) is 1. The number of anilines is 1. The molecule has 1 unspecified atom stereocenters. The van der Waals surface area contributed by atoms with Crippen molar-refractivity contribution in [3.63, 3.8) is 0 Å². The summed E-state index contributed by atoms with van der Waals surface area (Å²) in [5, 5.41) is 20.1. The number of benzene rings is 2. The van der Waals surface area contributed by atoms with Gasteiger partial charge in [0.2, 0.25) is 11.8 Å². The molecule has 222 valence electrons. The summed E-state index contributed by atoms with van der Waals surface area (Å²) in [6.07, 6.45) is 1.01. The van der Waals surface area contributed by atoms with Crippen LogP contribution < -0.4 is 11.1 Å². The van der Waals surface area contributed by atoms with Crippen LogP contribution in [0.15, 0.2) is 59.6 Å². The van der Waals surface area contributed by atoms with Gasteiger partial charge in [0.1, 0.15) is 5.60 Å². The first-order valence-electron chi connectivity index (χ1n) is 12.2. The van der Waals surface area contributed by atoms with E-state index in [4.69, 9.17) is 26.0 Å². The Kier molecular flexibility index (Phi) is 12.3. The number of rotatable bonds is 7. The van der Waals surface area contributed by atoms with Crippen LogP contribution in [0.3, 0.4) is 0 Å². The fraction of sp³-hybridized carbons (Fsp3) is 0.321. The van der Waals surface area contributed by atoms with Crippen LogP contribution in [0.25, 0.3) is 11.3 Å². The van der Waals surface area contributed by atoms with Gasteiger partial charge >= 0.3 is 6.09 Å². The second-order valence-corrected chi connectivity index (χ2v) is 11.6. The van der Waals surface area contributed by atoms with Gasteiger partial charge < -0.3 is 31.5 Å². The molecule has 1 atom stereocenters. The van der Waals surface area contributed by atoms with Crippen LogP contribution in [-0.4, -0.2) is 49.7 Å². The molecule has 1 amide bonds. The summed E-state index contributed by atoms with van der Waals surface area (Å²) >= 11 is 1.76. The Bertz CT molecular complexity index is 1340. The van der Waals surface area contributed by atoms with E-state index >= 15 is 0 Å². The zero-order valence-corrected chi connectivity index (χ0v) is 24.3. The molecule has 3 rings (SSSR count). The molecule has 1 aromatic heterocycles. The zero-order valence-electron chi connectivity index (χ0n) is 23.5. The summed E-state index contributed by atoms with van der Waals surface area (Å²) in [6, 6.07) is 14.5. The Morgan fingerprint density at radius 3 is 2.30 bits per heavy atom. The Morgan fingerprint density at radius 1 is 1.05 bits per heavy atom. The molecule has 0 saturated carbocycles. The van der Waals surface area contributed by atoms with E-state index in [9.17, 15) is 4.79 Å². The van der Waals surface area contributed by atoms with Gasteiger partial charge in [-0.2, -0.15) is 0 Å². The Balaban J connectivity index is -0.00000320. The minimum absolute atomic E-state index is 0. The van der Waals surface area contributed by atoms with Crippen LogP contribution in [0.4, 0.5) is 10.6 Å². The van der Waals surface area contributed by atoms with Crippen LogP contribution >= 0.6 is 11.8 Å². The predicted octanol–water partition coefficient (Wildman–Crippen LogP) is 5.27. The molecule has 3 aromatic rings. The average molecular weight is 577 g/mol. The molecule has 0 spiro atoms. The number of thioether (sulfide) groups is 1. The van der Waals surface area contributed by atoms with E-state index in [1.54, 1.807) is 56.9 Å². The molecule has 0 saturated heterocycles. The van der Waals surface area contributed by atoms with Gasteiger partial charge in [0.25, 0.3) is 0 Å². The van der Waals surface area contributed by atoms with Gasteiger partial charge in [0, 0.05) is 25.6 Å². The Morgan fingerprint density at radius 2 is 1.70 bits per heavy atom. The van der Waals surface area contributed by atoms with E-state index in [0.29, 0.717) is 16.5 Å². The second kappa shape index (κ2) is 14.4. The Hall–Kier alpha value is -4.00. The number of hydrogen-bond donors (Lipinski definition) is 4. The summed E-state index contributed by atoms with van der Waals surface area (Å²) < 4.78 is 10.8. The largest absolute Gasteiger partial charge is 0.444 e. The van der Waals surface area contributed by atoms with Crippen LogP contribution in [-0.2, 0) is 9.47 Å². The number of carbonyl (C=O) groups is 1. The fourth-order valence-electron chi connectivity index (χ4n) is 3.41. The lowest BCUT2D eigenvalue weighted by Crippen LogP contribution is -2.34. The van der Waals surface area contributed by atoms with Crippen LogP contribution in [0.2, 0.25) is 0 Å². The van der Waals surface area contributed by atoms with E-state index < -0.39 is 11.7 Å². The molecule has 11 nitrogen and oxygen atoms in total. The number of nitrogens with two attached hydrogens (primary N) is 1. The van der Waals surface area contributed by atoms with Crippen LogP contribution in [0.1, 0.15) is 68.7 Å². The van der Waals surface area contributed by atoms with E-state index in [-0.39, 0.29) is 44.6 Å². The molecule has 9 N–H and O–H groups in total. The maximum absolute atomic E-state index is 12.1. The zero-order chi connectivity index (χ0) is 28.0. The highest BCUT2D eigenvalue weighted by atomic mass is 32.2. The van der Waals surface area contributed by atoms with E-state index in [2.05, 4.69) is 29.1 Å². The van der Waals surface area contributed by atoms with Gasteiger partial charge in [-0.3, -0.25) is 10.8 Å². The second-order valence-electron chi connectivity index (χ2n) is 9.93. The Labute approximate surface area is 243 Å². The number of aromatic nitrogens is 2. The number of nitrogens with zero attached hydrogens (tertiary/aromatic N) is 2. The predicted molar refractivity (Wildman–Crippen MR) is 165 cm³/mol. The first kappa shape index (κ1) is 34.0. The molecule has 0 bridgehead atoms. The van der Waals surface area contributed by atoms with Crippen molar-refractivity contribution in [2.24, 2.45) is 0 Å². The quantitative estimate of drug-likeness (QED) is 0.166. The molecule has 0 aliphatic rings. The molecular formula is C28H44N6O5S. The molecular weight excluding hydrogens is 532 g/mol. The third kappa shape index (κ3) is 9.63. The lowest BCUT2D eigenvalue weighted by Gasteiger charge is -2.22. The summed E-state index contributed by atoms with van der Waals surface area (Å²) in [7, 11) is 0. The molecule has 0 aliphatic carbocycles. The van der Waals surface area contributed by atoms with E-state index in [1.807, 2.05) is 37.3 Å². The van der Waals surface area contributed by atoms with E-state index in [0.717, 1.165) is 16.0 Å². The van der Waals surface area contributed by atoms with Crippen molar-refractivity contribution in [3.05, 3.63) is 71.5 Å². The molecule has 40 heavy (non-hydrogen) atoms. The average Bonchev–Trinajstić information content (AvgIpc) is 2.83. The van der Waals surface area contributed by atoms with Crippen molar-refractivity contribution >= 4 is 35.5 Å². The first-order valence-corrected chi connectivity index (χ1v) is 13.0. The maximum atomic E-state index is 12.1. The first-order chi connectivity index (χ1) is 17.8. The van der Waals surface area contributed by atoms with Crippen molar-refractivity contribution in [2.75, 3.05) is 5.73 Å². The van der Waals surface area contributed by atoms with Gasteiger partial charge in [-0.1, -0.05) is 38.1 Å². The molecule has 0 aliphatic heterocycles. The maximum Gasteiger partial charge on any atom is 0.408 e. The molecule has 2 aromatic carbocycles. The van der Waals surface area contributed by atoms with E-state index in [1.165, 1.54) is 0 Å². The molecule has 0 radical (unpaired) electrons. The van der Waals surface area contributed by atoms with Crippen molar-refractivity contribution in [3.8, 4) is 11.3 Å². The minimum Gasteiger partial charge on any atom is -0.444 e. The number of hydrogen-bond acceptors (Lipinski definition) is 9. The highest BCUT2D eigenvalue weighted by Gasteiger charge is 2.20. The smallest absolute Gasteiger partial charge is 0.408 e. The summed E-state index contributed by atoms with van der Waals surface area (Å²) in [5.74, 6) is -0.621. The number of nitrogens with one attached hydrogen (secondary N) is 3. The van der Waals surface area contributed by atoms with Crippen molar-refractivity contribution in [1.82, 2.24) is 15.3 Å². The fourth-order valence-corrected chi connectivity index (χ4v) is 4.24. The minimum atomic E-state index is -0.611. The van der Waals surface area contributed by atoms with Gasteiger partial charge in [-0.05, 0) is 57.5 Å².